The van der Waals surface area contributed by atoms with Crippen LogP contribution in [0.4, 0.5) is 5.69 Å². The maximum Gasteiger partial charge on any atom is 0.252 e. The maximum atomic E-state index is 12.3. The number of methoxy groups -OCH3 is 1. The average molecular weight is 354 g/mol. The van der Waals surface area contributed by atoms with Crippen LogP contribution in [0.25, 0.3) is 0 Å². The first kappa shape index (κ1) is 18.7. The van der Waals surface area contributed by atoms with E-state index >= 15 is 0 Å². The number of benzene rings is 1. The van der Waals surface area contributed by atoms with Gasteiger partial charge in [0.2, 0.25) is 5.91 Å². The summed E-state index contributed by atoms with van der Waals surface area (Å²) in [6.07, 6.45) is 2.23. The zero-order valence-corrected chi connectivity index (χ0v) is 14.6. The van der Waals surface area contributed by atoms with Gasteiger partial charge < -0.3 is 20.7 Å². The number of ether oxygens (including phenoxy) is 1. The van der Waals surface area contributed by atoms with Crippen molar-refractivity contribution in [1.82, 2.24) is 10.6 Å². The molecule has 1 heterocycles. The summed E-state index contributed by atoms with van der Waals surface area (Å²) in [5, 5.41) is 9.52. The van der Waals surface area contributed by atoms with Gasteiger partial charge in [-0.25, -0.2) is 0 Å². The Labute approximate surface area is 147 Å². The standard InChI is InChI=1S/C17H24ClN3O3/c1-24-17(8-11-19-12-9-17)16(23)20-10-2-3-15(22)21-14-6-4-13(18)5-7-14/h4-7,19H,2-3,8-12H2,1H3,(H,20,23)(H,21,22). The zero-order valence-electron chi connectivity index (χ0n) is 13.9. The summed E-state index contributed by atoms with van der Waals surface area (Å²) < 4.78 is 5.47. The Morgan fingerprint density at radius 1 is 1.25 bits per heavy atom. The molecule has 0 unspecified atom stereocenters. The molecule has 1 aromatic carbocycles. The smallest absolute Gasteiger partial charge is 0.252 e. The van der Waals surface area contributed by atoms with E-state index in [4.69, 9.17) is 16.3 Å². The molecule has 132 valence electrons. The fourth-order valence-corrected chi connectivity index (χ4v) is 2.85. The number of anilines is 1. The molecule has 0 aromatic heterocycles. The van der Waals surface area contributed by atoms with E-state index in [1.54, 1.807) is 31.4 Å². The lowest BCUT2D eigenvalue weighted by Gasteiger charge is -2.34. The third-order valence-electron chi connectivity index (χ3n) is 4.21. The predicted molar refractivity (Wildman–Crippen MR) is 94.2 cm³/mol. The lowest BCUT2D eigenvalue weighted by atomic mass is 9.91. The van der Waals surface area contributed by atoms with Crippen LogP contribution in [-0.4, -0.2) is 44.2 Å². The SMILES string of the molecule is COC1(C(=O)NCCCC(=O)Nc2ccc(Cl)cc2)CCNCC1. The van der Waals surface area contributed by atoms with Crippen molar-refractivity contribution < 1.29 is 14.3 Å². The van der Waals surface area contributed by atoms with Crippen molar-refractivity contribution in [2.45, 2.75) is 31.3 Å². The Bertz CT molecular complexity index is 557. The maximum absolute atomic E-state index is 12.3. The summed E-state index contributed by atoms with van der Waals surface area (Å²) in [6.45, 7) is 1.99. The molecule has 0 atom stereocenters. The van der Waals surface area contributed by atoms with Crippen LogP contribution < -0.4 is 16.0 Å². The lowest BCUT2D eigenvalue weighted by molar-refractivity contribution is -0.146. The van der Waals surface area contributed by atoms with Crippen LogP contribution in [0.1, 0.15) is 25.7 Å². The average Bonchev–Trinajstić information content (AvgIpc) is 2.61. The normalized spacial score (nSPS) is 16.4. The minimum absolute atomic E-state index is 0.0881. The fourth-order valence-electron chi connectivity index (χ4n) is 2.72. The minimum Gasteiger partial charge on any atom is -0.368 e. The van der Waals surface area contributed by atoms with E-state index in [1.807, 2.05) is 0 Å². The van der Waals surface area contributed by atoms with Crippen molar-refractivity contribution in [2.24, 2.45) is 0 Å². The molecule has 1 aliphatic rings. The Kier molecular flexibility index (Phi) is 7.02. The van der Waals surface area contributed by atoms with Crippen LogP contribution in [0.3, 0.4) is 0 Å². The molecule has 0 saturated carbocycles. The molecule has 6 nitrogen and oxygen atoms in total. The number of hydrogen-bond acceptors (Lipinski definition) is 4. The molecule has 0 radical (unpaired) electrons. The first-order valence-corrected chi connectivity index (χ1v) is 8.53. The van der Waals surface area contributed by atoms with Gasteiger partial charge in [-0.15, -0.1) is 0 Å². The quantitative estimate of drug-likeness (QED) is 0.654. The molecule has 0 aliphatic carbocycles. The molecule has 2 rings (SSSR count). The number of hydrogen-bond donors (Lipinski definition) is 3. The highest BCUT2D eigenvalue weighted by Crippen LogP contribution is 2.22. The van der Waals surface area contributed by atoms with Gasteiger partial charge in [0.05, 0.1) is 0 Å². The van der Waals surface area contributed by atoms with E-state index < -0.39 is 5.60 Å². The highest BCUT2D eigenvalue weighted by atomic mass is 35.5. The van der Waals surface area contributed by atoms with Gasteiger partial charge >= 0.3 is 0 Å². The van der Waals surface area contributed by atoms with Gasteiger partial charge in [-0.1, -0.05) is 11.6 Å². The summed E-state index contributed by atoms with van der Waals surface area (Å²) in [7, 11) is 1.57. The summed E-state index contributed by atoms with van der Waals surface area (Å²) in [4.78, 5) is 24.2. The highest BCUT2D eigenvalue weighted by molar-refractivity contribution is 6.30. The number of halogens is 1. The first-order valence-electron chi connectivity index (χ1n) is 8.15. The number of nitrogens with one attached hydrogen (secondary N) is 3. The third kappa shape index (κ3) is 5.19. The van der Waals surface area contributed by atoms with E-state index in [2.05, 4.69) is 16.0 Å². The molecule has 1 saturated heterocycles. The van der Waals surface area contributed by atoms with Crippen molar-refractivity contribution in [3.8, 4) is 0 Å². The summed E-state index contributed by atoms with van der Waals surface area (Å²) in [5.41, 5.74) is -0.0296. The van der Waals surface area contributed by atoms with Crippen LogP contribution in [0.15, 0.2) is 24.3 Å². The van der Waals surface area contributed by atoms with Gasteiger partial charge in [-0.05, 0) is 56.6 Å². The van der Waals surface area contributed by atoms with Crippen molar-refractivity contribution in [3.63, 3.8) is 0 Å². The third-order valence-corrected chi connectivity index (χ3v) is 4.46. The van der Waals surface area contributed by atoms with Gasteiger partial charge in [0.1, 0.15) is 5.60 Å². The predicted octanol–water partition coefficient (Wildman–Crippen LogP) is 1.94. The molecule has 3 N–H and O–H groups in total. The highest BCUT2D eigenvalue weighted by Gasteiger charge is 2.39. The molecule has 2 amide bonds. The minimum atomic E-state index is -0.739. The number of carbonyl (C=O) groups excluding carboxylic acids is 2. The van der Waals surface area contributed by atoms with E-state index in [0.29, 0.717) is 42.9 Å². The topological polar surface area (TPSA) is 79.5 Å². The van der Waals surface area contributed by atoms with Gasteiger partial charge in [0.15, 0.2) is 0 Å². The van der Waals surface area contributed by atoms with Crippen molar-refractivity contribution in [2.75, 3.05) is 32.1 Å². The Balaban J connectivity index is 1.69. The van der Waals surface area contributed by atoms with Crippen molar-refractivity contribution in [3.05, 3.63) is 29.3 Å². The number of carbonyl (C=O) groups is 2. The number of piperidine rings is 1. The van der Waals surface area contributed by atoms with Crippen molar-refractivity contribution >= 4 is 29.1 Å². The van der Waals surface area contributed by atoms with Gasteiger partial charge in [-0.2, -0.15) is 0 Å². The molecular weight excluding hydrogens is 330 g/mol. The largest absolute Gasteiger partial charge is 0.368 e. The van der Waals surface area contributed by atoms with Crippen LogP contribution in [0.2, 0.25) is 5.02 Å². The van der Waals surface area contributed by atoms with E-state index in [9.17, 15) is 9.59 Å². The Hall–Kier alpha value is -1.63. The second kappa shape index (κ2) is 9.01. The molecule has 24 heavy (non-hydrogen) atoms. The second-order valence-electron chi connectivity index (χ2n) is 5.86. The van der Waals surface area contributed by atoms with Crippen LogP contribution >= 0.6 is 11.6 Å². The lowest BCUT2D eigenvalue weighted by Crippen LogP contribution is -2.54. The molecule has 0 bridgehead atoms. The molecule has 1 fully saturated rings. The first-order chi connectivity index (χ1) is 11.6. The summed E-state index contributed by atoms with van der Waals surface area (Å²) in [6, 6.07) is 6.95. The summed E-state index contributed by atoms with van der Waals surface area (Å²) >= 11 is 5.80. The van der Waals surface area contributed by atoms with Crippen molar-refractivity contribution in [1.29, 1.82) is 0 Å². The monoisotopic (exact) mass is 353 g/mol. The molecular formula is C17H24ClN3O3. The van der Waals surface area contributed by atoms with Crippen LogP contribution in [0.5, 0.6) is 0 Å². The molecule has 0 spiro atoms. The zero-order chi connectivity index (χ0) is 17.4. The Morgan fingerprint density at radius 2 is 1.92 bits per heavy atom. The Morgan fingerprint density at radius 3 is 2.54 bits per heavy atom. The number of amides is 2. The molecule has 1 aliphatic heterocycles. The summed E-state index contributed by atoms with van der Waals surface area (Å²) in [5.74, 6) is -0.181. The fraction of sp³-hybridized carbons (Fsp3) is 0.529. The van der Waals surface area contributed by atoms with Crippen LogP contribution in [0, 0.1) is 0 Å². The molecule has 1 aromatic rings. The molecule has 7 heteroatoms. The van der Waals surface area contributed by atoms with E-state index in [1.165, 1.54) is 0 Å². The van der Waals surface area contributed by atoms with Gasteiger partial charge in [-0.3, -0.25) is 9.59 Å². The second-order valence-corrected chi connectivity index (χ2v) is 6.30. The van der Waals surface area contributed by atoms with Crippen LogP contribution in [-0.2, 0) is 14.3 Å². The van der Waals surface area contributed by atoms with Gasteiger partial charge in [0.25, 0.3) is 5.91 Å². The number of rotatable bonds is 7. The van der Waals surface area contributed by atoms with Gasteiger partial charge in [0, 0.05) is 30.8 Å². The van der Waals surface area contributed by atoms with E-state index in [0.717, 1.165) is 13.1 Å². The van der Waals surface area contributed by atoms with E-state index in [-0.39, 0.29) is 11.8 Å².